The molecule has 0 aliphatic carbocycles. The van der Waals surface area contributed by atoms with Crippen LogP contribution in [-0.2, 0) is 0 Å². The summed E-state index contributed by atoms with van der Waals surface area (Å²) in [6.45, 7) is 3.98. The summed E-state index contributed by atoms with van der Waals surface area (Å²) >= 11 is 1.63. The third kappa shape index (κ3) is 3.73. The van der Waals surface area contributed by atoms with Crippen LogP contribution in [0.3, 0.4) is 0 Å². The second kappa shape index (κ2) is 7.28. The van der Waals surface area contributed by atoms with Crippen LogP contribution >= 0.6 is 11.3 Å². The van der Waals surface area contributed by atoms with Gasteiger partial charge in [0.05, 0.1) is 34.6 Å². The van der Waals surface area contributed by atoms with Gasteiger partial charge in [0.15, 0.2) is 0 Å². The first-order chi connectivity index (χ1) is 13.1. The van der Waals surface area contributed by atoms with Gasteiger partial charge in [0.2, 0.25) is 5.88 Å². The first-order valence-corrected chi connectivity index (χ1v) is 9.46. The maximum Gasteiger partial charge on any atom is 0.213 e. The summed E-state index contributed by atoms with van der Waals surface area (Å²) in [4.78, 5) is 17.6. The highest BCUT2D eigenvalue weighted by Crippen LogP contribution is 2.27. The second-order valence-electron chi connectivity index (χ2n) is 6.22. The van der Waals surface area contributed by atoms with Gasteiger partial charge in [0.25, 0.3) is 0 Å². The van der Waals surface area contributed by atoms with E-state index < -0.39 is 0 Å². The van der Waals surface area contributed by atoms with Crippen LogP contribution in [0, 0.1) is 6.92 Å². The number of rotatable bonds is 5. The number of nitrogens with one attached hydrogen (secondary N) is 1. The highest BCUT2D eigenvalue weighted by atomic mass is 32.1. The van der Waals surface area contributed by atoms with Crippen molar-refractivity contribution < 1.29 is 4.74 Å². The molecule has 0 saturated carbocycles. The Hall–Kier alpha value is -3.06. The van der Waals surface area contributed by atoms with Crippen LogP contribution < -0.4 is 10.1 Å². The number of nitrogens with zero attached hydrogens (tertiary/aromatic N) is 4. The molecule has 0 radical (unpaired) electrons. The third-order valence-corrected chi connectivity index (χ3v) is 5.09. The molecule has 0 spiro atoms. The fraction of sp³-hybridized carbons (Fsp3) is 0.200. The summed E-state index contributed by atoms with van der Waals surface area (Å²) in [7, 11) is 1.62. The molecule has 7 heteroatoms. The zero-order valence-corrected chi connectivity index (χ0v) is 16.1. The van der Waals surface area contributed by atoms with Crippen molar-refractivity contribution in [1.82, 2.24) is 19.9 Å². The summed E-state index contributed by atoms with van der Waals surface area (Å²) in [6, 6.07) is 12.1. The minimum atomic E-state index is 0.0491. The molecule has 136 valence electrons. The van der Waals surface area contributed by atoms with Gasteiger partial charge >= 0.3 is 0 Å². The van der Waals surface area contributed by atoms with Crippen LogP contribution in [0.1, 0.15) is 24.4 Å². The van der Waals surface area contributed by atoms with Gasteiger partial charge in [0, 0.05) is 23.9 Å². The summed E-state index contributed by atoms with van der Waals surface area (Å²) in [5, 5.41) is 3.45. The normalized spacial score (nSPS) is 12.1. The molecule has 0 aliphatic heterocycles. The summed E-state index contributed by atoms with van der Waals surface area (Å²) in [5.41, 5.74) is 5.88. The van der Waals surface area contributed by atoms with E-state index in [1.807, 2.05) is 42.8 Å². The Bertz CT molecular complexity index is 1090. The van der Waals surface area contributed by atoms with Crippen LogP contribution in [0.2, 0.25) is 0 Å². The van der Waals surface area contributed by atoms with Gasteiger partial charge in [0.1, 0.15) is 11.6 Å². The first kappa shape index (κ1) is 17.4. The topological polar surface area (TPSA) is 72.8 Å². The van der Waals surface area contributed by atoms with E-state index in [-0.39, 0.29) is 6.04 Å². The van der Waals surface area contributed by atoms with E-state index in [0.717, 1.165) is 38.7 Å². The SMILES string of the molecule is COc1cc(C(C)Nc2cc(-c3ccc4ncsc4c3)nc(C)n2)ccn1. The van der Waals surface area contributed by atoms with Crippen LogP contribution in [0.4, 0.5) is 5.82 Å². The second-order valence-corrected chi connectivity index (χ2v) is 7.10. The molecule has 0 bridgehead atoms. The molecule has 1 unspecified atom stereocenters. The number of benzene rings is 1. The molecule has 1 aromatic carbocycles. The number of anilines is 1. The van der Waals surface area contributed by atoms with E-state index in [2.05, 4.69) is 38.2 Å². The zero-order chi connectivity index (χ0) is 18.8. The molecular formula is C20H19N5OS. The van der Waals surface area contributed by atoms with E-state index in [4.69, 9.17) is 4.74 Å². The van der Waals surface area contributed by atoms with E-state index in [1.165, 1.54) is 0 Å². The molecule has 3 heterocycles. The van der Waals surface area contributed by atoms with Gasteiger partial charge in [-0.1, -0.05) is 6.07 Å². The molecule has 1 atom stereocenters. The number of aromatic nitrogens is 4. The molecule has 4 rings (SSSR count). The maximum absolute atomic E-state index is 5.21. The summed E-state index contributed by atoms with van der Waals surface area (Å²) in [6.07, 6.45) is 1.74. The standard InChI is InChI=1S/C20H19N5OS/c1-12(14-6-7-21-20(9-14)26-3)23-19-10-17(24-13(2)25-19)15-4-5-16-18(8-15)27-11-22-16/h4-12H,1-3H3,(H,23,24,25). The number of hydrogen-bond donors (Lipinski definition) is 1. The number of aryl methyl sites for hydroxylation is 1. The van der Waals surface area contributed by atoms with Crippen molar-refractivity contribution in [3.05, 3.63) is 59.5 Å². The monoisotopic (exact) mass is 377 g/mol. The van der Waals surface area contributed by atoms with E-state index in [9.17, 15) is 0 Å². The predicted molar refractivity (Wildman–Crippen MR) is 108 cm³/mol. The van der Waals surface area contributed by atoms with E-state index in [0.29, 0.717) is 5.88 Å². The number of fused-ring (bicyclic) bond motifs is 1. The first-order valence-electron chi connectivity index (χ1n) is 8.58. The van der Waals surface area contributed by atoms with Gasteiger partial charge in [-0.15, -0.1) is 11.3 Å². The van der Waals surface area contributed by atoms with E-state index in [1.54, 1.807) is 24.6 Å². The lowest BCUT2D eigenvalue weighted by atomic mass is 10.1. The van der Waals surface area contributed by atoms with Gasteiger partial charge in [-0.2, -0.15) is 0 Å². The Labute approximate surface area is 161 Å². The number of ether oxygens (including phenoxy) is 1. The zero-order valence-electron chi connectivity index (χ0n) is 15.3. The highest BCUT2D eigenvalue weighted by Gasteiger charge is 2.11. The lowest BCUT2D eigenvalue weighted by Crippen LogP contribution is -2.09. The molecular weight excluding hydrogens is 358 g/mol. The minimum Gasteiger partial charge on any atom is -0.481 e. The van der Waals surface area contributed by atoms with Gasteiger partial charge in [-0.05, 0) is 37.6 Å². The molecule has 0 fully saturated rings. The smallest absolute Gasteiger partial charge is 0.213 e. The molecule has 0 amide bonds. The number of methoxy groups -OCH3 is 1. The number of thiazole rings is 1. The van der Waals surface area contributed by atoms with Crippen molar-refractivity contribution in [2.45, 2.75) is 19.9 Å². The molecule has 6 nitrogen and oxygen atoms in total. The Morgan fingerprint density at radius 2 is 1.96 bits per heavy atom. The van der Waals surface area contributed by atoms with Crippen molar-refractivity contribution in [2.24, 2.45) is 0 Å². The van der Waals surface area contributed by atoms with Crippen molar-refractivity contribution in [3.63, 3.8) is 0 Å². The fourth-order valence-corrected chi connectivity index (χ4v) is 3.63. The number of hydrogen-bond acceptors (Lipinski definition) is 7. The van der Waals surface area contributed by atoms with Crippen LogP contribution in [0.15, 0.2) is 48.1 Å². The molecule has 0 aliphatic rings. The average Bonchev–Trinajstić information content (AvgIpc) is 3.15. The predicted octanol–water partition coefficient (Wildman–Crippen LogP) is 4.64. The summed E-state index contributed by atoms with van der Waals surface area (Å²) in [5.74, 6) is 2.10. The van der Waals surface area contributed by atoms with Crippen molar-refractivity contribution >= 4 is 27.4 Å². The Balaban J connectivity index is 1.63. The van der Waals surface area contributed by atoms with Crippen molar-refractivity contribution in [2.75, 3.05) is 12.4 Å². The van der Waals surface area contributed by atoms with Crippen molar-refractivity contribution in [3.8, 4) is 17.1 Å². The molecule has 27 heavy (non-hydrogen) atoms. The van der Waals surface area contributed by atoms with E-state index >= 15 is 0 Å². The largest absolute Gasteiger partial charge is 0.481 e. The number of pyridine rings is 1. The lowest BCUT2D eigenvalue weighted by Gasteiger charge is -2.16. The minimum absolute atomic E-state index is 0.0491. The molecule has 1 N–H and O–H groups in total. The van der Waals surface area contributed by atoms with Gasteiger partial charge in [-0.25, -0.2) is 19.9 Å². The van der Waals surface area contributed by atoms with Crippen LogP contribution in [0.25, 0.3) is 21.5 Å². The quantitative estimate of drug-likeness (QED) is 0.546. The lowest BCUT2D eigenvalue weighted by molar-refractivity contribution is 0.397. The Kier molecular flexibility index (Phi) is 4.68. The average molecular weight is 377 g/mol. The van der Waals surface area contributed by atoms with Crippen molar-refractivity contribution in [1.29, 1.82) is 0 Å². The summed E-state index contributed by atoms with van der Waals surface area (Å²) < 4.78 is 6.36. The molecule has 4 aromatic rings. The fourth-order valence-electron chi connectivity index (χ4n) is 2.91. The molecule has 0 saturated heterocycles. The van der Waals surface area contributed by atoms with Crippen LogP contribution in [0.5, 0.6) is 5.88 Å². The third-order valence-electron chi connectivity index (χ3n) is 4.30. The molecule has 3 aromatic heterocycles. The Morgan fingerprint density at radius 3 is 2.81 bits per heavy atom. The van der Waals surface area contributed by atoms with Crippen LogP contribution in [-0.4, -0.2) is 27.0 Å². The maximum atomic E-state index is 5.21. The van der Waals surface area contributed by atoms with Gasteiger partial charge in [-0.3, -0.25) is 0 Å². The Morgan fingerprint density at radius 1 is 1.07 bits per heavy atom. The highest BCUT2D eigenvalue weighted by molar-refractivity contribution is 7.16. The van der Waals surface area contributed by atoms with Gasteiger partial charge < -0.3 is 10.1 Å².